The molecule has 0 fully saturated rings. The van der Waals surface area contributed by atoms with E-state index in [-0.39, 0.29) is 0 Å². The maximum atomic E-state index is 5.72. The predicted molar refractivity (Wildman–Crippen MR) is 79.6 cm³/mol. The Hall–Kier alpha value is -0.680. The van der Waals surface area contributed by atoms with Crippen molar-refractivity contribution < 1.29 is 4.74 Å². The molecule has 0 spiro atoms. The van der Waals surface area contributed by atoms with Gasteiger partial charge in [0, 0.05) is 35.3 Å². The molecule has 0 saturated carbocycles. The number of hydrogen-bond donors (Lipinski definition) is 1. The van der Waals surface area contributed by atoms with Gasteiger partial charge in [-0.2, -0.15) is 0 Å². The van der Waals surface area contributed by atoms with Gasteiger partial charge in [-0.15, -0.1) is 0 Å². The smallest absolute Gasteiger partial charge is 0.156 e. The van der Waals surface area contributed by atoms with Crippen LogP contribution in [-0.4, -0.2) is 24.1 Å². The first-order valence-corrected chi connectivity index (χ1v) is 7.96. The van der Waals surface area contributed by atoms with Gasteiger partial charge in [0.15, 0.2) is 5.17 Å². The van der Waals surface area contributed by atoms with Gasteiger partial charge in [-0.05, 0) is 24.1 Å². The predicted octanol–water partition coefficient (Wildman–Crippen LogP) is 2.97. The molecule has 1 aromatic carbocycles. The molecule has 1 N–H and O–H groups in total. The molecule has 3 nitrogen and oxygen atoms in total. The molecule has 0 bridgehead atoms. The average molecular weight is 327 g/mol. The summed E-state index contributed by atoms with van der Waals surface area (Å²) < 4.78 is 6.84. The highest BCUT2D eigenvalue weighted by Crippen LogP contribution is 2.33. The third-order valence-corrected chi connectivity index (χ3v) is 4.55. The number of hydrogen-bond acceptors (Lipinski definition) is 4. The summed E-state index contributed by atoms with van der Waals surface area (Å²) in [6, 6.07) is 4.28. The van der Waals surface area contributed by atoms with Crippen molar-refractivity contribution in [3.8, 4) is 5.75 Å². The van der Waals surface area contributed by atoms with Crippen LogP contribution >= 0.6 is 27.7 Å². The normalized spacial score (nSPS) is 17.9. The largest absolute Gasteiger partial charge is 0.493 e. The number of ether oxygens (including phenoxy) is 1. The summed E-state index contributed by atoms with van der Waals surface area (Å²) in [6.07, 6.45) is 2.20. The lowest BCUT2D eigenvalue weighted by molar-refractivity contribution is 0.353. The van der Waals surface area contributed by atoms with Crippen molar-refractivity contribution in [3.63, 3.8) is 0 Å². The van der Waals surface area contributed by atoms with Crippen LogP contribution < -0.4 is 10.1 Å². The zero-order chi connectivity index (χ0) is 12.4. The molecule has 0 aromatic heterocycles. The molecular weight excluding hydrogens is 312 g/mol. The maximum Gasteiger partial charge on any atom is 0.156 e. The Kier molecular flexibility index (Phi) is 3.80. The Morgan fingerprint density at radius 1 is 1.44 bits per heavy atom. The summed E-state index contributed by atoms with van der Waals surface area (Å²) in [5.41, 5.74) is 2.52. The van der Waals surface area contributed by atoms with Gasteiger partial charge in [-0.1, -0.05) is 27.7 Å². The van der Waals surface area contributed by atoms with Crippen molar-refractivity contribution in [3.05, 3.63) is 27.7 Å². The zero-order valence-electron chi connectivity index (χ0n) is 10.0. The molecule has 18 heavy (non-hydrogen) atoms. The second kappa shape index (κ2) is 5.53. The molecule has 0 atom stereocenters. The highest BCUT2D eigenvalue weighted by molar-refractivity contribution is 9.10. The van der Waals surface area contributed by atoms with E-state index in [9.17, 15) is 0 Å². The van der Waals surface area contributed by atoms with Crippen LogP contribution in [0.4, 0.5) is 0 Å². The highest BCUT2D eigenvalue weighted by Gasteiger charge is 2.17. The van der Waals surface area contributed by atoms with Crippen molar-refractivity contribution in [2.24, 2.45) is 4.99 Å². The van der Waals surface area contributed by atoms with Crippen LogP contribution in [0.25, 0.3) is 0 Å². The molecule has 0 saturated heterocycles. The van der Waals surface area contributed by atoms with Crippen LogP contribution in [0.5, 0.6) is 5.75 Å². The number of benzene rings is 1. The van der Waals surface area contributed by atoms with E-state index >= 15 is 0 Å². The van der Waals surface area contributed by atoms with Crippen molar-refractivity contribution >= 4 is 32.9 Å². The topological polar surface area (TPSA) is 33.6 Å². The number of thioether (sulfide) groups is 1. The van der Waals surface area contributed by atoms with E-state index in [1.807, 2.05) is 0 Å². The molecule has 3 rings (SSSR count). The summed E-state index contributed by atoms with van der Waals surface area (Å²) in [5.74, 6) is 2.23. The van der Waals surface area contributed by atoms with Crippen LogP contribution in [0.15, 0.2) is 21.6 Å². The van der Waals surface area contributed by atoms with E-state index in [0.717, 1.165) is 41.5 Å². The summed E-state index contributed by atoms with van der Waals surface area (Å²) in [7, 11) is 0. The number of amidine groups is 1. The molecule has 1 aromatic rings. The van der Waals surface area contributed by atoms with Crippen molar-refractivity contribution in [1.82, 2.24) is 5.32 Å². The van der Waals surface area contributed by atoms with E-state index in [1.54, 1.807) is 11.8 Å². The van der Waals surface area contributed by atoms with Crippen LogP contribution in [0.3, 0.4) is 0 Å². The minimum Gasteiger partial charge on any atom is -0.493 e. The first-order chi connectivity index (χ1) is 8.83. The second-order valence-corrected chi connectivity index (χ2v) is 6.39. The van der Waals surface area contributed by atoms with Gasteiger partial charge in [-0.25, -0.2) is 0 Å². The fourth-order valence-corrected chi connectivity index (χ4v) is 3.59. The Morgan fingerprint density at radius 2 is 2.39 bits per heavy atom. The average Bonchev–Trinajstić information content (AvgIpc) is 2.85. The quantitative estimate of drug-likeness (QED) is 0.907. The molecule has 0 amide bonds. The van der Waals surface area contributed by atoms with Gasteiger partial charge < -0.3 is 10.1 Å². The fourth-order valence-electron chi connectivity index (χ4n) is 2.21. The molecule has 5 heteroatoms. The van der Waals surface area contributed by atoms with Gasteiger partial charge in [0.2, 0.25) is 0 Å². The first-order valence-electron chi connectivity index (χ1n) is 6.18. The molecule has 2 heterocycles. The minimum absolute atomic E-state index is 0.785. The van der Waals surface area contributed by atoms with Crippen LogP contribution in [-0.2, 0) is 13.0 Å². The Morgan fingerprint density at radius 3 is 3.22 bits per heavy atom. The summed E-state index contributed by atoms with van der Waals surface area (Å²) in [6.45, 7) is 2.53. The van der Waals surface area contributed by atoms with E-state index in [2.05, 4.69) is 38.4 Å². The van der Waals surface area contributed by atoms with Crippen LogP contribution in [0.2, 0.25) is 0 Å². The zero-order valence-corrected chi connectivity index (χ0v) is 12.4. The van der Waals surface area contributed by atoms with Gasteiger partial charge in [0.05, 0.1) is 6.61 Å². The summed E-state index contributed by atoms with van der Waals surface area (Å²) in [5, 5.41) is 4.47. The van der Waals surface area contributed by atoms with E-state index in [4.69, 9.17) is 4.74 Å². The lowest BCUT2D eigenvalue weighted by Crippen LogP contribution is -2.23. The highest BCUT2D eigenvalue weighted by atomic mass is 79.9. The van der Waals surface area contributed by atoms with Crippen molar-refractivity contribution in [2.45, 2.75) is 19.4 Å². The number of rotatable bonds is 2. The second-order valence-electron chi connectivity index (χ2n) is 4.39. The molecule has 2 aliphatic heterocycles. The number of nitrogens with zero attached hydrogens (tertiary/aromatic N) is 1. The third kappa shape index (κ3) is 2.67. The van der Waals surface area contributed by atoms with E-state index in [0.29, 0.717) is 0 Å². The lowest BCUT2D eigenvalue weighted by Gasteiger charge is -2.15. The van der Waals surface area contributed by atoms with Gasteiger partial charge in [-0.3, -0.25) is 4.99 Å². The van der Waals surface area contributed by atoms with Gasteiger partial charge in [0.25, 0.3) is 0 Å². The standard InChI is InChI=1S/C13H15BrN2OS/c14-11-6-9-2-4-17-12(9)10(7-11)8-16-13-15-3-1-5-18-13/h6-7H,1-5,8H2,(H,15,16). The number of nitrogens with one attached hydrogen (secondary N) is 1. The van der Waals surface area contributed by atoms with Gasteiger partial charge in [0.1, 0.15) is 5.75 Å². The third-order valence-electron chi connectivity index (χ3n) is 3.05. The summed E-state index contributed by atoms with van der Waals surface area (Å²) in [4.78, 5) is 4.48. The molecule has 0 radical (unpaired) electrons. The maximum absolute atomic E-state index is 5.72. The monoisotopic (exact) mass is 326 g/mol. The Bertz CT molecular complexity index is 490. The molecule has 0 unspecified atom stereocenters. The number of fused-ring (bicyclic) bond motifs is 1. The van der Waals surface area contributed by atoms with E-state index < -0.39 is 0 Å². The fraction of sp³-hybridized carbons (Fsp3) is 0.462. The van der Waals surface area contributed by atoms with Gasteiger partial charge >= 0.3 is 0 Å². The van der Waals surface area contributed by atoms with Crippen LogP contribution in [0.1, 0.15) is 17.5 Å². The molecule has 0 aliphatic carbocycles. The summed E-state index contributed by atoms with van der Waals surface area (Å²) >= 11 is 5.37. The number of aliphatic imine (C=N–C) groups is 1. The van der Waals surface area contributed by atoms with Crippen LogP contribution in [0, 0.1) is 0 Å². The molecular formula is C13H15BrN2OS. The lowest BCUT2D eigenvalue weighted by atomic mass is 10.1. The van der Waals surface area contributed by atoms with Crippen molar-refractivity contribution in [2.75, 3.05) is 18.9 Å². The SMILES string of the molecule is Brc1cc2c(c(CNC3=NCCCS3)c1)OCC2. The van der Waals surface area contributed by atoms with Crippen molar-refractivity contribution in [1.29, 1.82) is 0 Å². The Balaban J connectivity index is 1.74. The molecule has 2 aliphatic rings. The first kappa shape index (κ1) is 12.4. The number of halogens is 1. The van der Waals surface area contributed by atoms with E-state index in [1.165, 1.54) is 23.3 Å². The molecule has 96 valence electrons. The minimum atomic E-state index is 0.785. The Labute approximate surface area is 120 Å².